The molecule has 0 saturated carbocycles. The minimum Gasteiger partial charge on any atom is -0.489 e. The lowest BCUT2D eigenvalue weighted by Gasteiger charge is -2.09. The lowest BCUT2D eigenvalue weighted by molar-refractivity contribution is -0.387. The third kappa shape index (κ3) is 3.78. The minimum atomic E-state index is -0.896. The van der Waals surface area contributed by atoms with Crippen LogP contribution in [0.4, 0.5) is 10.1 Å². The summed E-state index contributed by atoms with van der Waals surface area (Å²) in [6.45, 7) is 4.52. The summed E-state index contributed by atoms with van der Waals surface area (Å²) in [6.07, 6.45) is 0. The van der Waals surface area contributed by atoms with Crippen LogP contribution in [0, 0.1) is 15.9 Å². The van der Waals surface area contributed by atoms with Crippen molar-refractivity contribution in [3.8, 4) is 5.75 Å². The van der Waals surface area contributed by atoms with E-state index in [1.54, 1.807) is 0 Å². The van der Waals surface area contributed by atoms with Gasteiger partial charge in [-0.3, -0.25) is 10.1 Å². The fourth-order valence-electron chi connectivity index (χ4n) is 1.89. The minimum absolute atomic E-state index is 0.269. The van der Waals surface area contributed by atoms with Crippen LogP contribution >= 0.6 is 0 Å². The SMILES string of the molecule is CC(C)c1ccc(COc2ccc([N+](=O)[O-])c(F)c2)cc1. The first-order valence-electron chi connectivity index (χ1n) is 6.63. The molecular weight excluding hydrogens is 273 g/mol. The molecule has 0 aliphatic carbocycles. The van der Waals surface area contributed by atoms with E-state index in [0.29, 0.717) is 5.92 Å². The molecule has 21 heavy (non-hydrogen) atoms. The van der Waals surface area contributed by atoms with Gasteiger partial charge in [0.25, 0.3) is 0 Å². The largest absolute Gasteiger partial charge is 0.489 e. The Balaban J connectivity index is 2.03. The van der Waals surface area contributed by atoms with Crippen LogP contribution < -0.4 is 4.74 Å². The molecule has 0 unspecified atom stereocenters. The normalized spacial score (nSPS) is 10.7. The first-order valence-corrected chi connectivity index (χ1v) is 6.63. The van der Waals surface area contributed by atoms with E-state index in [0.717, 1.165) is 17.7 Å². The summed E-state index contributed by atoms with van der Waals surface area (Å²) in [4.78, 5) is 9.76. The number of nitro groups is 1. The van der Waals surface area contributed by atoms with Crippen molar-refractivity contribution in [1.82, 2.24) is 0 Å². The van der Waals surface area contributed by atoms with Crippen molar-refractivity contribution in [2.45, 2.75) is 26.4 Å². The predicted molar refractivity (Wildman–Crippen MR) is 77.9 cm³/mol. The lowest BCUT2D eigenvalue weighted by Crippen LogP contribution is -1.98. The van der Waals surface area contributed by atoms with Gasteiger partial charge in [-0.05, 0) is 23.1 Å². The molecule has 0 aliphatic heterocycles. The average Bonchev–Trinajstić information content (AvgIpc) is 2.45. The maximum atomic E-state index is 13.4. The van der Waals surface area contributed by atoms with Gasteiger partial charge >= 0.3 is 5.69 Å². The van der Waals surface area contributed by atoms with E-state index in [1.807, 2.05) is 24.3 Å². The summed E-state index contributed by atoms with van der Waals surface area (Å²) < 4.78 is 18.9. The molecular formula is C16H16FNO3. The van der Waals surface area contributed by atoms with Crippen molar-refractivity contribution < 1.29 is 14.1 Å². The Hall–Kier alpha value is -2.43. The molecule has 2 rings (SSSR count). The molecule has 0 aromatic heterocycles. The number of rotatable bonds is 5. The van der Waals surface area contributed by atoms with Crippen LogP contribution in [0.3, 0.4) is 0 Å². The van der Waals surface area contributed by atoms with Crippen LogP contribution in [0.2, 0.25) is 0 Å². The smallest absolute Gasteiger partial charge is 0.305 e. The Morgan fingerprint density at radius 1 is 1.19 bits per heavy atom. The van der Waals surface area contributed by atoms with Crippen LogP contribution in [0.5, 0.6) is 5.75 Å². The fourth-order valence-corrected chi connectivity index (χ4v) is 1.89. The highest BCUT2D eigenvalue weighted by atomic mass is 19.1. The molecule has 110 valence electrons. The molecule has 0 N–H and O–H groups in total. The molecule has 0 saturated heterocycles. The van der Waals surface area contributed by atoms with E-state index < -0.39 is 16.4 Å². The van der Waals surface area contributed by atoms with Crippen molar-refractivity contribution in [2.24, 2.45) is 0 Å². The van der Waals surface area contributed by atoms with Gasteiger partial charge in [-0.2, -0.15) is 4.39 Å². The summed E-state index contributed by atoms with van der Waals surface area (Å²) >= 11 is 0. The Morgan fingerprint density at radius 3 is 2.38 bits per heavy atom. The molecule has 2 aromatic carbocycles. The highest BCUT2D eigenvalue weighted by molar-refractivity contribution is 5.38. The van der Waals surface area contributed by atoms with Gasteiger partial charge in [0.05, 0.1) is 4.92 Å². The van der Waals surface area contributed by atoms with E-state index >= 15 is 0 Å². The second kappa shape index (κ2) is 6.35. The topological polar surface area (TPSA) is 52.4 Å². The highest BCUT2D eigenvalue weighted by Gasteiger charge is 2.14. The standard InChI is InChI=1S/C16H16FNO3/c1-11(2)13-5-3-12(4-6-13)10-21-14-7-8-16(18(19)20)15(17)9-14/h3-9,11H,10H2,1-2H3. The van der Waals surface area contributed by atoms with Crippen LogP contribution in [-0.2, 0) is 6.61 Å². The van der Waals surface area contributed by atoms with Crippen molar-refractivity contribution in [2.75, 3.05) is 0 Å². The van der Waals surface area contributed by atoms with Gasteiger partial charge in [-0.25, -0.2) is 0 Å². The van der Waals surface area contributed by atoms with Crippen LogP contribution in [0.1, 0.15) is 30.9 Å². The molecule has 0 aliphatic rings. The molecule has 2 aromatic rings. The highest BCUT2D eigenvalue weighted by Crippen LogP contribution is 2.23. The number of halogens is 1. The van der Waals surface area contributed by atoms with Gasteiger partial charge in [0.15, 0.2) is 0 Å². The average molecular weight is 289 g/mol. The Bertz CT molecular complexity index is 638. The van der Waals surface area contributed by atoms with Gasteiger partial charge in [-0.1, -0.05) is 38.1 Å². The number of ether oxygens (including phenoxy) is 1. The second-order valence-electron chi connectivity index (χ2n) is 5.06. The zero-order valence-corrected chi connectivity index (χ0v) is 11.9. The van der Waals surface area contributed by atoms with Crippen LogP contribution in [-0.4, -0.2) is 4.92 Å². The summed E-state index contributed by atoms with van der Waals surface area (Å²) in [5.41, 5.74) is 1.64. The number of hydrogen-bond acceptors (Lipinski definition) is 3. The molecule has 4 nitrogen and oxygen atoms in total. The van der Waals surface area contributed by atoms with E-state index in [9.17, 15) is 14.5 Å². The summed E-state index contributed by atoms with van der Waals surface area (Å²) in [5, 5.41) is 10.5. The number of nitrogens with zero attached hydrogens (tertiary/aromatic N) is 1. The first kappa shape index (κ1) is 15.0. The van der Waals surface area contributed by atoms with Crippen molar-refractivity contribution in [3.05, 3.63) is 69.5 Å². The van der Waals surface area contributed by atoms with Gasteiger partial charge in [0, 0.05) is 12.1 Å². The maximum Gasteiger partial charge on any atom is 0.305 e. The van der Waals surface area contributed by atoms with Gasteiger partial charge in [0.2, 0.25) is 5.82 Å². The second-order valence-corrected chi connectivity index (χ2v) is 5.06. The molecule has 0 amide bonds. The molecule has 0 atom stereocenters. The summed E-state index contributed by atoms with van der Waals surface area (Å²) in [5.74, 6) is -0.164. The third-order valence-electron chi connectivity index (χ3n) is 3.17. The van der Waals surface area contributed by atoms with E-state index in [2.05, 4.69) is 13.8 Å². The molecule has 0 fully saturated rings. The fraction of sp³-hybridized carbons (Fsp3) is 0.250. The molecule has 5 heteroatoms. The molecule has 0 spiro atoms. The van der Waals surface area contributed by atoms with E-state index in [4.69, 9.17) is 4.74 Å². The van der Waals surface area contributed by atoms with E-state index in [-0.39, 0.29) is 12.4 Å². The van der Waals surface area contributed by atoms with Crippen molar-refractivity contribution >= 4 is 5.69 Å². The predicted octanol–water partition coefficient (Wildman–Crippen LogP) is 4.44. The zero-order chi connectivity index (χ0) is 15.4. The Morgan fingerprint density at radius 2 is 1.86 bits per heavy atom. The quantitative estimate of drug-likeness (QED) is 0.604. The van der Waals surface area contributed by atoms with Crippen LogP contribution in [0.25, 0.3) is 0 Å². The van der Waals surface area contributed by atoms with Gasteiger partial charge in [0.1, 0.15) is 12.4 Å². The summed E-state index contributed by atoms with van der Waals surface area (Å²) in [7, 11) is 0. The Labute approximate surface area is 122 Å². The third-order valence-corrected chi connectivity index (χ3v) is 3.17. The monoisotopic (exact) mass is 289 g/mol. The number of benzene rings is 2. The van der Waals surface area contributed by atoms with E-state index in [1.165, 1.54) is 11.6 Å². The first-order chi connectivity index (χ1) is 9.97. The van der Waals surface area contributed by atoms with Gasteiger partial charge < -0.3 is 4.74 Å². The lowest BCUT2D eigenvalue weighted by atomic mass is 10.0. The maximum absolute atomic E-state index is 13.4. The molecule has 0 radical (unpaired) electrons. The summed E-state index contributed by atoms with van der Waals surface area (Å²) in [6, 6.07) is 11.5. The molecule has 0 bridgehead atoms. The zero-order valence-electron chi connectivity index (χ0n) is 11.9. The number of hydrogen-bond donors (Lipinski definition) is 0. The van der Waals surface area contributed by atoms with Crippen molar-refractivity contribution in [3.63, 3.8) is 0 Å². The Kier molecular flexibility index (Phi) is 4.52. The molecule has 0 heterocycles. The van der Waals surface area contributed by atoms with Crippen LogP contribution in [0.15, 0.2) is 42.5 Å². The van der Waals surface area contributed by atoms with Gasteiger partial charge in [-0.15, -0.1) is 0 Å². The number of nitro benzene ring substituents is 1. The van der Waals surface area contributed by atoms with Crippen molar-refractivity contribution in [1.29, 1.82) is 0 Å².